The van der Waals surface area contributed by atoms with Gasteiger partial charge in [-0.05, 0) is 60.4 Å². The summed E-state index contributed by atoms with van der Waals surface area (Å²) in [5.74, 6) is 1.37. The van der Waals surface area contributed by atoms with Crippen molar-refractivity contribution in [3.63, 3.8) is 0 Å². The van der Waals surface area contributed by atoms with Crippen molar-refractivity contribution < 1.29 is 9.13 Å². The van der Waals surface area contributed by atoms with Crippen LogP contribution in [-0.4, -0.2) is 15.9 Å². The maximum atomic E-state index is 13.3. The van der Waals surface area contributed by atoms with E-state index in [0.717, 1.165) is 48.2 Å². The topological polar surface area (TPSA) is 56.5 Å². The van der Waals surface area contributed by atoms with Crippen molar-refractivity contribution in [1.82, 2.24) is 9.66 Å². The van der Waals surface area contributed by atoms with Crippen molar-refractivity contribution >= 4 is 17.1 Å². The zero-order valence-electron chi connectivity index (χ0n) is 18.9. The molecule has 0 amide bonds. The Hall–Kier alpha value is -3.80. The Morgan fingerprint density at radius 1 is 1.00 bits per heavy atom. The molecule has 1 aromatic heterocycles. The van der Waals surface area contributed by atoms with E-state index in [1.54, 1.807) is 24.4 Å². The van der Waals surface area contributed by atoms with Crippen LogP contribution < -0.4 is 10.3 Å². The molecule has 1 fully saturated rings. The molecule has 1 saturated carbocycles. The van der Waals surface area contributed by atoms with E-state index < -0.39 is 0 Å². The summed E-state index contributed by atoms with van der Waals surface area (Å²) < 4.78 is 20.4. The van der Waals surface area contributed by atoms with Gasteiger partial charge in [-0.2, -0.15) is 9.78 Å². The molecule has 5 rings (SSSR count). The number of fused-ring (bicyclic) bond motifs is 1. The first-order valence-corrected chi connectivity index (χ1v) is 11.7. The zero-order valence-corrected chi connectivity index (χ0v) is 18.9. The Morgan fingerprint density at radius 3 is 2.62 bits per heavy atom. The highest BCUT2D eigenvalue weighted by Gasteiger charge is 2.22. The number of hydrogen-bond acceptors (Lipinski definition) is 4. The molecule has 3 aromatic carbocycles. The lowest BCUT2D eigenvalue weighted by Gasteiger charge is -2.22. The molecule has 0 atom stereocenters. The van der Waals surface area contributed by atoms with E-state index in [1.807, 2.05) is 42.5 Å². The number of halogens is 1. The summed E-state index contributed by atoms with van der Waals surface area (Å²) in [5, 5.41) is 5.16. The Morgan fingerprint density at radius 2 is 1.79 bits per heavy atom. The van der Waals surface area contributed by atoms with Gasteiger partial charge < -0.3 is 4.74 Å². The van der Waals surface area contributed by atoms with Crippen LogP contribution >= 0.6 is 0 Å². The minimum absolute atomic E-state index is 0.147. The first-order chi connectivity index (χ1) is 16.7. The average molecular weight is 456 g/mol. The van der Waals surface area contributed by atoms with E-state index in [9.17, 15) is 9.18 Å². The Labute approximate surface area is 197 Å². The molecular formula is C28H26FN3O2. The SMILES string of the molecule is O=c1c2ccccc2nc(C2CCCCC2)n1N=Cc1cccc(OCc2ccc(F)cc2)c1. The monoisotopic (exact) mass is 455 g/mol. The highest BCUT2D eigenvalue weighted by molar-refractivity contribution is 5.81. The molecule has 0 radical (unpaired) electrons. The van der Waals surface area contributed by atoms with Crippen molar-refractivity contribution in [3.8, 4) is 5.75 Å². The van der Waals surface area contributed by atoms with Gasteiger partial charge in [-0.25, -0.2) is 9.37 Å². The second-order valence-electron chi connectivity index (χ2n) is 8.67. The first kappa shape index (κ1) is 22.0. The lowest BCUT2D eigenvalue weighted by molar-refractivity contribution is 0.306. The first-order valence-electron chi connectivity index (χ1n) is 11.7. The van der Waals surface area contributed by atoms with E-state index >= 15 is 0 Å². The van der Waals surface area contributed by atoms with Crippen LogP contribution in [0.4, 0.5) is 4.39 Å². The number of benzene rings is 3. The van der Waals surface area contributed by atoms with Crippen LogP contribution in [0.1, 0.15) is 55.0 Å². The summed E-state index contributed by atoms with van der Waals surface area (Å²) in [5.41, 5.74) is 2.26. The van der Waals surface area contributed by atoms with Crippen molar-refractivity contribution in [3.05, 3.63) is 106 Å². The smallest absolute Gasteiger partial charge is 0.282 e. The van der Waals surface area contributed by atoms with Gasteiger partial charge in [0.25, 0.3) is 5.56 Å². The third kappa shape index (κ3) is 4.91. The van der Waals surface area contributed by atoms with Gasteiger partial charge in [-0.1, -0.05) is 55.7 Å². The maximum Gasteiger partial charge on any atom is 0.282 e. The molecule has 5 nitrogen and oxygen atoms in total. The zero-order chi connectivity index (χ0) is 23.3. The lowest BCUT2D eigenvalue weighted by atomic mass is 9.88. The van der Waals surface area contributed by atoms with Crippen LogP contribution in [0.3, 0.4) is 0 Å². The van der Waals surface area contributed by atoms with E-state index in [-0.39, 0.29) is 17.3 Å². The van der Waals surface area contributed by atoms with Crippen molar-refractivity contribution in [1.29, 1.82) is 0 Å². The molecule has 172 valence electrons. The van der Waals surface area contributed by atoms with Gasteiger partial charge in [-0.15, -0.1) is 0 Å². The summed E-state index contributed by atoms with van der Waals surface area (Å²) >= 11 is 0. The van der Waals surface area contributed by atoms with Crippen molar-refractivity contribution in [2.24, 2.45) is 5.10 Å². The average Bonchev–Trinajstić information content (AvgIpc) is 2.88. The molecule has 1 heterocycles. The molecule has 0 unspecified atom stereocenters. The molecule has 0 spiro atoms. The third-order valence-corrected chi connectivity index (χ3v) is 6.25. The summed E-state index contributed by atoms with van der Waals surface area (Å²) in [6, 6.07) is 21.2. The van der Waals surface area contributed by atoms with E-state index in [4.69, 9.17) is 9.72 Å². The molecular weight excluding hydrogens is 429 g/mol. The third-order valence-electron chi connectivity index (χ3n) is 6.25. The summed E-state index contributed by atoms with van der Waals surface area (Å²) in [7, 11) is 0. The molecule has 1 aliphatic rings. The standard InChI is InChI=1S/C28H26FN3O2/c29-23-15-13-20(14-16-23)19-34-24-10-6-7-21(17-24)18-30-32-27(22-8-2-1-3-9-22)31-26-12-5-4-11-25(26)28(32)33/h4-7,10-18,22H,1-3,8-9,19H2. The normalized spacial score (nSPS) is 14.6. The number of nitrogens with zero attached hydrogens (tertiary/aromatic N) is 3. The number of hydrogen-bond donors (Lipinski definition) is 0. The molecule has 1 aliphatic carbocycles. The minimum Gasteiger partial charge on any atom is -0.489 e. The fourth-order valence-electron chi connectivity index (χ4n) is 4.43. The van der Waals surface area contributed by atoms with Gasteiger partial charge in [-0.3, -0.25) is 4.79 Å². The largest absolute Gasteiger partial charge is 0.489 e. The van der Waals surface area contributed by atoms with Crippen molar-refractivity contribution in [2.75, 3.05) is 0 Å². The lowest BCUT2D eigenvalue weighted by Crippen LogP contribution is -2.25. The molecule has 0 saturated heterocycles. The Bertz CT molecular complexity index is 1370. The van der Waals surface area contributed by atoms with Gasteiger partial charge in [0, 0.05) is 5.92 Å². The number of ether oxygens (including phenoxy) is 1. The van der Waals surface area contributed by atoms with Crippen LogP contribution in [-0.2, 0) is 6.61 Å². The van der Waals surface area contributed by atoms with Crippen LogP contribution in [0.2, 0.25) is 0 Å². The van der Waals surface area contributed by atoms with Crippen LogP contribution in [0.15, 0.2) is 82.7 Å². The highest BCUT2D eigenvalue weighted by atomic mass is 19.1. The molecule has 0 aliphatic heterocycles. The van der Waals surface area contributed by atoms with Gasteiger partial charge in [0.05, 0.1) is 17.1 Å². The Balaban J connectivity index is 1.43. The fraction of sp³-hybridized carbons (Fsp3) is 0.250. The molecule has 0 bridgehead atoms. The van der Waals surface area contributed by atoms with Crippen LogP contribution in [0.25, 0.3) is 10.9 Å². The van der Waals surface area contributed by atoms with Gasteiger partial charge >= 0.3 is 0 Å². The molecule has 0 N–H and O–H groups in total. The second-order valence-corrected chi connectivity index (χ2v) is 8.67. The quantitative estimate of drug-likeness (QED) is 0.333. The number of aromatic nitrogens is 2. The van der Waals surface area contributed by atoms with Gasteiger partial charge in [0.1, 0.15) is 24.0 Å². The van der Waals surface area contributed by atoms with E-state index in [2.05, 4.69) is 5.10 Å². The Kier molecular flexibility index (Phi) is 6.47. The van der Waals surface area contributed by atoms with Gasteiger partial charge in [0.15, 0.2) is 0 Å². The summed E-state index contributed by atoms with van der Waals surface area (Å²) in [6.07, 6.45) is 7.23. The molecule has 6 heteroatoms. The predicted octanol–water partition coefficient (Wildman–Crippen LogP) is 6.04. The summed E-state index contributed by atoms with van der Waals surface area (Å²) in [6.45, 7) is 0.334. The van der Waals surface area contributed by atoms with Crippen LogP contribution in [0.5, 0.6) is 5.75 Å². The second kappa shape index (κ2) is 10.00. The van der Waals surface area contributed by atoms with E-state index in [0.29, 0.717) is 17.7 Å². The minimum atomic E-state index is -0.270. The fourth-order valence-corrected chi connectivity index (χ4v) is 4.43. The van der Waals surface area contributed by atoms with Crippen LogP contribution in [0, 0.1) is 5.82 Å². The molecule has 4 aromatic rings. The van der Waals surface area contributed by atoms with Crippen molar-refractivity contribution in [2.45, 2.75) is 44.6 Å². The predicted molar refractivity (Wildman–Crippen MR) is 132 cm³/mol. The summed E-state index contributed by atoms with van der Waals surface area (Å²) in [4.78, 5) is 18.2. The maximum absolute atomic E-state index is 13.3. The number of rotatable bonds is 6. The number of para-hydroxylation sites is 1. The van der Waals surface area contributed by atoms with E-state index in [1.165, 1.54) is 23.2 Å². The highest BCUT2D eigenvalue weighted by Crippen LogP contribution is 2.31. The van der Waals surface area contributed by atoms with Gasteiger partial charge in [0.2, 0.25) is 0 Å². The molecule has 34 heavy (non-hydrogen) atoms.